The van der Waals surface area contributed by atoms with Crippen LogP contribution in [0, 0.1) is 20.8 Å². The summed E-state index contributed by atoms with van der Waals surface area (Å²) in [6.45, 7) is 7.69. The topological polar surface area (TPSA) is 102 Å². The van der Waals surface area contributed by atoms with Crippen LogP contribution in [0.5, 0.6) is 0 Å². The van der Waals surface area contributed by atoms with Gasteiger partial charge in [0.15, 0.2) is 5.82 Å². The molecule has 2 heterocycles. The van der Waals surface area contributed by atoms with Crippen LogP contribution in [-0.4, -0.2) is 38.3 Å². The fourth-order valence-electron chi connectivity index (χ4n) is 3.00. The Morgan fingerprint density at radius 2 is 1.83 bits per heavy atom. The molecule has 0 saturated heterocycles. The molecule has 158 valence electrons. The van der Waals surface area contributed by atoms with Gasteiger partial charge in [-0.25, -0.2) is 4.68 Å². The lowest BCUT2D eigenvalue weighted by Crippen LogP contribution is -2.29. The fourth-order valence-corrected chi connectivity index (χ4v) is 3.62. The van der Waals surface area contributed by atoms with Gasteiger partial charge in [-0.1, -0.05) is 22.9 Å². The van der Waals surface area contributed by atoms with Gasteiger partial charge in [-0.05, 0) is 39.8 Å². The van der Waals surface area contributed by atoms with Crippen LogP contribution in [0.4, 0.5) is 5.82 Å². The molecule has 0 saturated carbocycles. The van der Waals surface area contributed by atoms with Crippen molar-refractivity contribution in [3.05, 3.63) is 59.1 Å². The molecule has 0 aliphatic carbocycles. The molecule has 9 heteroatoms. The zero-order valence-electron chi connectivity index (χ0n) is 17.4. The highest BCUT2D eigenvalue weighted by atomic mass is 32.2. The van der Waals surface area contributed by atoms with Gasteiger partial charge in [0.1, 0.15) is 5.76 Å². The Hall–Kier alpha value is -3.07. The lowest BCUT2D eigenvalue weighted by Gasteiger charge is -2.14. The van der Waals surface area contributed by atoms with E-state index < -0.39 is 0 Å². The van der Waals surface area contributed by atoms with E-state index in [2.05, 4.69) is 20.9 Å². The number of thioether (sulfide) groups is 1. The normalized spacial score (nSPS) is 11.9. The summed E-state index contributed by atoms with van der Waals surface area (Å²) in [5.41, 5.74) is 4.09. The first kappa shape index (κ1) is 21.6. The number of aromatic nitrogens is 3. The average Bonchev–Trinajstić information content (AvgIpc) is 3.27. The van der Waals surface area contributed by atoms with Crippen molar-refractivity contribution < 1.29 is 14.1 Å². The summed E-state index contributed by atoms with van der Waals surface area (Å²) in [6.07, 6.45) is 1.78. The van der Waals surface area contributed by atoms with Crippen LogP contribution in [0.1, 0.15) is 35.5 Å². The largest absolute Gasteiger partial charge is 0.360 e. The molecule has 2 N–H and O–H groups in total. The Bertz CT molecular complexity index is 1030. The van der Waals surface area contributed by atoms with Crippen LogP contribution in [0.2, 0.25) is 0 Å². The Kier molecular flexibility index (Phi) is 6.94. The molecule has 0 spiro atoms. The minimum absolute atomic E-state index is 0.139. The van der Waals surface area contributed by atoms with Crippen LogP contribution >= 0.6 is 11.8 Å². The first-order valence-electron chi connectivity index (χ1n) is 9.55. The second-order valence-electron chi connectivity index (χ2n) is 7.09. The molecule has 0 unspecified atom stereocenters. The van der Waals surface area contributed by atoms with E-state index >= 15 is 0 Å². The van der Waals surface area contributed by atoms with Crippen LogP contribution in [0.25, 0.3) is 5.69 Å². The van der Waals surface area contributed by atoms with Gasteiger partial charge in [-0.2, -0.15) is 5.10 Å². The van der Waals surface area contributed by atoms with Crippen molar-refractivity contribution in [3.8, 4) is 5.69 Å². The van der Waals surface area contributed by atoms with Crippen molar-refractivity contribution >= 4 is 29.4 Å². The van der Waals surface area contributed by atoms with Crippen molar-refractivity contribution in [1.29, 1.82) is 0 Å². The molecule has 0 bridgehead atoms. The van der Waals surface area contributed by atoms with Crippen molar-refractivity contribution in [2.45, 2.75) is 33.7 Å². The van der Waals surface area contributed by atoms with E-state index in [9.17, 15) is 9.59 Å². The van der Waals surface area contributed by atoms with E-state index in [-0.39, 0.29) is 29.4 Å². The third-order valence-electron chi connectivity index (χ3n) is 4.53. The second-order valence-corrected chi connectivity index (χ2v) is 8.07. The highest BCUT2D eigenvalue weighted by molar-refractivity contribution is 8.00. The van der Waals surface area contributed by atoms with Crippen molar-refractivity contribution in [2.75, 3.05) is 16.8 Å². The Labute approximate surface area is 179 Å². The maximum absolute atomic E-state index is 12.3. The number of benzene rings is 1. The average molecular weight is 428 g/mol. The molecular weight excluding hydrogens is 402 g/mol. The summed E-state index contributed by atoms with van der Waals surface area (Å²) in [4.78, 5) is 24.2. The fraction of sp³-hybridized carbons (Fsp3) is 0.333. The van der Waals surface area contributed by atoms with E-state index in [1.165, 1.54) is 17.3 Å². The van der Waals surface area contributed by atoms with Gasteiger partial charge >= 0.3 is 0 Å². The van der Waals surface area contributed by atoms with Gasteiger partial charge in [-0.3, -0.25) is 9.59 Å². The molecule has 2 amide bonds. The third kappa shape index (κ3) is 5.50. The van der Waals surface area contributed by atoms with Gasteiger partial charge in [0.25, 0.3) is 0 Å². The van der Waals surface area contributed by atoms with Crippen LogP contribution < -0.4 is 10.6 Å². The lowest BCUT2D eigenvalue weighted by atomic mass is 10.1. The number of rotatable bonds is 8. The Morgan fingerprint density at radius 3 is 2.50 bits per heavy atom. The minimum atomic E-state index is -0.232. The molecule has 0 fully saturated rings. The van der Waals surface area contributed by atoms with Gasteiger partial charge in [-0.15, -0.1) is 11.8 Å². The number of amides is 2. The Morgan fingerprint density at radius 1 is 1.13 bits per heavy atom. The second kappa shape index (κ2) is 9.62. The molecule has 2 aromatic heterocycles. The predicted octanol–water partition coefficient (Wildman–Crippen LogP) is 3.33. The number of nitrogens with zero attached hydrogens (tertiary/aromatic N) is 3. The number of aryl methyl sites for hydroxylation is 2. The number of nitrogens with one attached hydrogen (secondary N) is 2. The summed E-state index contributed by atoms with van der Waals surface area (Å²) < 4.78 is 6.76. The zero-order valence-corrected chi connectivity index (χ0v) is 18.2. The number of hydrogen-bond acceptors (Lipinski definition) is 6. The number of hydrogen-bond donors (Lipinski definition) is 2. The zero-order chi connectivity index (χ0) is 21.7. The van der Waals surface area contributed by atoms with Crippen LogP contribution in [-0.2, 0) is 9.59 Å². The number of carbonyl (C=O) groups excluding carboxylic acids is 2. The maximum Gasteiger partial charge on any atom is 0.235 e. The summed E-state index contributed by atoms with van der Waals surface area (Å²) in [5.74, 6) is 0.952. The van der Waals surface area contributed by atoms with E-state index in [1.807, 2.05) is 49.7 Å². The summed E-state index contributed by atoms with van der Waals surface area (Å²) >= 11 is 1.24. The molecule has 0 radical (unpaired) electrons. The number of anilines is 1. The van der Waals surface area contributed by atoms with Crippen LogP contribution in [0.15, 0.2) is 41.1 Å². The van der Waals surface area contributed by atoms with E-state index in [4.69, 9.17) is 4.52 Å². The molecule has 1 aromatic carbocycles. The molecule has 1 atom stereocenters. The van der Waals surface area contributed by atoms with Crippen molar-refractivity contribution in [2.24, 2.45) is 0 Å². The summed E-state index contributed by atoms with van der Waals surface area (Å²) in [5, 5.41) is 13.8. The summed E-state index contributed by atoms with van der Waals surface area (Å²) in [6, 6.07) is 9.56. The standard InChI is InChI=1S/C21H25N5O3S/c1-13-5-7-17(8-6-13)26-16(4)18(10-22-26)15(3)23-20(27)11-30-12-21(28)24-19-9-14(2)29-25-19/h5-10,15H,11-12H2,1-4H3,(H,23,27)(H,24,25,28)/t15-/m0/s1. The Balaban J connectivity index is 1.48. The molecule has 8 nitrogen and oxygen atoms in total. The predicted molar refractivity (Wildman–Crippen MR) is 117 cm³/mol. The highest BCUT2D eigenvalue weighted by Gasteiger charge is 2.17. The molecule has 0 aliphatic heterocycles. The highest BCUT2D eigenvalue weighted by Crippen LogP contribution is 2.20. The third-order valence-corrected chi connectivity index (χ3v) is 5.46. The molecule has 3 rings (SSSR count). The van der Waals surface area contributed by atoms with Gasteiger partial charge in [0, 0.05) is 17.3 Å². The lowest BCUT2D eigenvalue weighted by molar-refractivity contribution is -0.119. The molecule has 0 aliphatic rings. The first-order chi connectivity index (χ1) is 14.3. The van der Waals surface area contributed by atoms with Gasteiger partial charge in [0.2, 0.25) is 11.8 Å². The number of carbonyl (C=O) groups is 2. The van der Waals surface area contributed by atoms with E-state index in [0.29, 0.717) is 11.6 Å². The first-order valence-corrected chi connectivity index (χ1v) is 10.7. The summed E-state index contributed by atoms with van der Waals surface area (Å²) in [7, 11) is 0. The molecule has 3 aromatic rings. The van der Waals surface area contributed by atoms with Gasteiger partial charge in [0.05, 0.1) is 29.4 Å². The van der Waals surface area contributed by atoms with Crippen LogP contribution in [0.3, 0.4) is 0 Å². The smallest absolute Gasteiger partial charge is 0.235 e. The molecule has 30 heavy (non-hydrogen) atoms. The molecular formula is C21H25N5O3S. The van der Waals surface area contributed by atoms with Crippen molar-refractivity contribution in [1.82, 2.24) is 20.3 Å². The maximum atomic E-state index is 12.3. The minimum Gasteiger partial charge on any atom is -0.360 e. The van der Waals surface area contributed by atoms with Gasteiger partial charge < -0.3 is 15.2 Å². The monoisotopic (exact) mass is 427 g/mol. The quantitative estimate of drug-likeness (QED) is 0.572. The van der Waals surface area contributed by atoms with E-state index in [1.54, 1.807) is 19.2 Å². The SMILES string of the molecule is Cc1ccc(-n2ncc([C@H](C)NC(=O)CSCC(=O)Nc3cc(C)on3)c2C)cc1. The van der Waals surface area contributed by atoms with Crippen molar-refractivity contribution in [3.63, 3.8) is 0 Å². The van der Waals surface area contributed by atoms with E-state index in [0.717, 1.165) is 16.9 Å².